The Morgan fingerprint density at radius 1 is 1.21 bits per heavy atom. The highest BCUT2D eigenvalue weighted by Crippen LogP contribution is 2.18. The Balaban J connectivity index is 2.00. The summed E-state index contributed by atoms with van der Waals surface area (Å²) >= 11 is 0. The van der Waals surface area contributed by atoms with Crippen LogP contribution < -0.4 is 10.6 Å². The molecule has 0 spiro atoms. The van der Waals surface area contributed by atoms with Crippen LogP contribution in [0.15, 0.2) is 28.7 Å². The summed E-state index contributed by atoms with van der Waals surface area (Å²) in [6.45, 7) is 6.60. The van der Waals surface area contributed by atoms with Crippen molar-refractivity contribution in [2.75, 3.05) is 5.32 Å². The monoisotopic (exact) mass is 264 g/mol. The molecule has 19 heavy (non-hydrogen) atoms. The molecule has 0 atom stereocenters. The summed E-state index contributed by atoms with van der Waals surface area (Å²) in [6.07, 6.45) is 0. The summed E-state index contributed by atoms with van der Waals surface area (Å²) in [5, 5.41) is 13.7. The van der Waals surface area contributed by atoms with E-state index in [2.05, 4.69) is 20.8 Å². The predicted molar refractivity (Wildman–Crippen MR) is 70.6 cm³/mol. The average molecular weight is 264 g/mol. The SMILES string of the molecule is CC(C)(C)NCc1nnc(Nc2ccccc2F)o1. The van der Waals surface area contributed by atoms with E-state index >= 15 is 0 Å². The van der Waals surface area contributed by atoms with Crippen LogP contribution in [0, 0.1) is 5.82 Å². The lowest BCUT2D eigenvalue weighted by atomic mass is 10.1. The highest BCUT2D eigenvalue weighted by atomic mass is 19.1. The van der Waals surface area contributed by atoms with Crippen molar-refractivity contribution < 1.29 is 8.81 Å². The molecule has 0 unspecified atom stereocenters. The molecule has 6 heteroatoms. The zero-order valence-electron chi connectivity index (χ0n) is 11.2. The summed E-state index contributed by atoms with van der Waals surface area (Å²) in [5.41, 5.74) is 0.273. The van der Waals surface area contributed by atoms with Gasteiger partial charge in [0.15, 0.2) is 0 Å². The first-order valence-corrected chi connectivity index (χ1v) is 6.03. The van der Waals surface area contributed by atoms with E-state index in [4.69, 9.17) is 4.42 Å². The Morgan fingerprint density at radius 3 is 2.63 bits per heavy atom. The summed E-state index contributed by atoms with van der Waals surface area (Å²) in [4.78, 5) is 0. The van der Waals surface area contributed by atoms with Crippen molar-refractivity contribution in [2.45, 2.75) is 32.9 Å². The first kappa shape index (κ1) is 13.5. The summed E-state index contributed by atoms with van der Waals surface area (Å²) in [7, 11) is 0. The molecule has 0 saturated heterocycles. The third-order valence-corrected chi connectivity index (χ3v) is 2.35. The van der Waals surface area contributed by atoms with Gasteiger partial charge in [0.2, 0.25) is 5.89 Å². The second-order valence-electron chi connectivity index (χ2n) is 5.21. The molecule has 0 amide bonds. The van der Waals surface area contributed by atoms with Crippen LogP contribution in [0.1, 0.15) is 26.7 Å². The molecule has 1 aromatic heterocycles. The quantitative estimate of drug-likeness (QED) is 0.889. The Morgan fingerprint density at radius 2 is 1.95 bits per heavy atom. The van der Waals surface area contributed by atoms with Gasteiger partial charge in [0.1, 0.15) is 5.82 Å². The number of aromatic nitrogens is 2. The fraction of sp³-hybridized carbons (Fsp3) is 0.385. The van der Waals surface area contributed by atoms with E-state index in [9.17, 15) is 4.39 Å². The minimum Gasteiger partial charge on any atom is -0.406 e. The summed E-state index contributed by atoms with van der Waals surface area (Å²) < 4.78 is 18.8. The number of hydrogen-bond acceptors (Lipinski definition) is 5. The maximum Gasteiger partial charge on any atom is 0.320 e. The molecule has 1 heterocycles. The number of nitrogens with zero attached hydrogens (tertiary/aromatic N) is 2. The lowest BCUT2D eigenvalue weighted by Crippen LogP contribution is -2.35. The van der Waals surface area contributed by atoms with Crippen molar-refractivity contribution in [3.63, 3.8) is 0 Å². The van der Waals surface area contributed by atoms with Crippen molar-refractivity contribution in [1.29, 1.82) is 0 Å². The standard InChI is InChI=1S/C13H17FN4O/c1-13(2,3)15-8-11-17-18-12(19-11)16-10-7-5-4-6-9(10)14/h4-7,15H,8H2,1-3H3,(H,16,18). The van der Waals surface area contributed by atoms with Crippen molar-refractivity contribution in [3.8, 4) is 0 Å². The molecule has 0 aliphatic heterocycles. The zero-order chi connectivity index (χ0) is 13.9. The Kier molecular flexibility index (Phi) is 3.80. The van der Waals surface area contributed by atoms with Gasteiger partial charge >= 0.3 is 6.01 Å². The van der Waals surface area contributed by atoms with Gasteiger partial charge in [-0.15, -0.1) is 5.10 Å². The lowest BCUT2D eigenvalue weighted by Gasteiger charge is -2.18. The number of rotatable bonds is 4. The maximum absolute atomic E-state index is 13.4. The van der Waals surface area contributed by atoms with Gasteiger partial charge in [0.05, 0.1) is 12.2 Å². The highest BCUT2D eigenvalue weighted by Gasteiger charge is 2.12. The van der Waals surface area contributed by atoms with Crippen LogP contribution in [-0.4, -0.2) is 15.7 Å². The average Bonchev–Trinajstić information content (AvgIpc) is 2.77. The third kappa shape index (κ3) is 4.03. The van der Waals surface area contributed by atoms with Crippen molar-refractivity contribution in [2.24, 2.45) is 0 Å². The molecule has 1 aromatic carbocycles. The highest BCUT2D eigenvalue weighted by molar-refractivity contribution is 5.52. The minimum absolute atomic E-state index is 0.0341. The number of halogens is 1. The van der Waals surface area contributed by atoms with Crippen LogP contribution >= 0.6 is 0 Å². The number of anilines is 2. The van der Waals surface area contributed by atoms with Crippen LogP contribution in [0.5, 0.6) is 0 Å². The van der Waals surface area contributed by atoms with Crippen LogP contribution in [0.25, 0.3) is 0 Å². The van der Waals surface area contributed by atoms with Gasteiger partial charge in [-0.3, -0.25) is 0 Å². The second kappa shape index (κ2) is 5.36. The van der Waals surface area contributed by atoms with Gasteiger partial charge < -0.3 is 15.1 Å². The molecule has 0 bridgehead atoms. The fourth-order valence-electron chi connectivity index (χ4n) is 1.39. The summed E-state index contributed by atoms with van der Waals surface area (Å²) in [6, 6.07) is 6.49. The van der Waals surface area contributed by atoms with E-state index in [1.54, 1.807) is 18.2 Å². The number of hydrogen-bond donors (Lipinski definition) is 2. The molecule has 0 aliphatic rings. The van der Waals surface area contributed by atoms with Gasteiger partial charge in [-0.1, -0.05) is 17.2 Å². The fourth-order valence-corrected chi connectivity index (χ4v) is 1.39. The van der Waals surface area contributed by atoms with E-state index in [1.165, 1.54) is 6.07 Å². The largest absolute Gasteiger partial charge is 0.406 e. The van der Waals surface area contributed by atoms with Crippen LogP contribution in [0.4, 0.5) is 16.1 Å². The molecule has 0 radical (unpaired) electrons. The first-order valence-electron chi connectivity index (χ1n) is 6.03. The molecule has 2 N–H and O–H groups in total. The Labute approximate surface area is 111 Å². The molecule has 0 fully saturated rings. The molecule has 102 valence electrons. The van der Waals surface area contributed by atoms with E-state index in [1.807, 2.05) is 20.8 Å². The lowest BCUT2D eigenvalue weighted by molar-refractivity contribution is 0.384. The minimum atomic E-state index is -0.366. The normalized spacial score (nSPS) is 11.6. The van der Waals surface area contributed by atoms with Gasteiger partial charge in [-0.05, 0) is 32.9 Å². The molecule has 0 aliphatic carbocycles. The summed E-state index contributed by atoms with van der Waals surface area (Å²) in [5.74, 6) is 0.0869. The van der Waals surface area contributed by atoms with Gasteiger partial charge in [-0.2, -0.15) is 0 Å². The van der Waals surface area contributed by atoms with E-state index in [0.717, 1.165) is 0 Å². The van der Waals surface area contributed by atoms with E-state index in [0.29, 0.717) is 18.1 Å². The molecule has 0 saturated carbocycles. The topological polar surface area (TPSA) is 63.0 Å². The third-order valence-electron chi connectivity index (χ3n) is 2.35. The Bertz CT molecular complexity index is 548. The smallest absolute Gasteiger partial charge is 0.320 e. The first-order chi connectivity index (χ1) is 8.94. The zero-order valence-corrected chi connectivity index (χ0v) is 11.2. The molecular weight excluding hydrogens is 247 g/mol. The van der Waals surface area contributed by atoms with Gasteiger partial charge in [-0.25, -0.2) is 4.39 Å². The van der Waals surface area contributed by atoms with E-state index < -0.39 is 0 Å². The van der Waals surface area contributed by atoms with Crippen molar-refractivity contribution in [3.05, 3.63) is 36.0 Å². The number of benzene rings is 1. The van der Waals surface area contributed by atoms with Crippen molar-refractivity contribution >= 4 is 11.7 Å². The van der Waals surface area contributed by atoms with E-state index in [-0.39, 0.29) is 17.4 Å². The predicted octanol–water partition coefficient (Wildman–Crippen LogP) is 2.84. The molecule has 2 aromatic rings. The molecule has 5 nitrogen and oxygen atoms in total. The Hall–Kier alpha value is -1.95. The van der Waals surface area contributed by atoms with Crippen LogP contribution in [0.2, 0.25) is 0 Å². The van der Waals surface area contributed by atoms with Crippen LogP contribution in [0.3, 0.4) is 0 Å². The number of para-hydroxylation sites is 1. The van der Waals surface area contributed by atoms with Crippen molar-refractivity contribution in [1.82, 2.24) is 15.5 Å². The molecular formula is C13H17FN4O. The number of nitrogens with one attached hydrogen (secondary N) is 2. The molecule has 2 rings (SSSR count). The van der Waals surface area contributed by atoms with Gasteiger partial charge in [0.25, 0.3) is 0 Å². The van der Waals surface area contributed by atoms with Crippen LogP contribution in [-0.2, 0) is 6.54 Å². The van der Waals surface area contributed by atoms with Gasteiger partial charge in [0, 0.05) is 5.54 Å². The maximum atomic E-state index is 13.4. The second-order valence-corrected chi connectivity index (χ2v) is 5.21.